The number of anilines is 2. The number of halogens is 2. The van der Waals surface area contributed by atoms with Crippen LogP contribution in [0.1, 0.15) is 20.7 Å². The summed E-state index contributed by atoms with van der Waals surface area (Å²) in [6, 6.07) is 20.9. The van der Waals surface area contributed by atoms with Crippen molar-refractivity contribution in [3.63, 3.8) is 0 Å². The molecule has 3 aromatic carbocycles. The zero-order valence-electron chi connectivity index (χ0n) is 13.5. The Labute approximate surface area is 164 Å². The molecule has 0 unspecified atom stereocenters. The van der Waals surface area contributed by atoms with Crippen molar-refractivity contribution in [2.75, 3.05) is 10.6 Å². The van der Waals surface area contributed by atoms with Gasteiger partial charge >= 0.3 is 0 Å². The van der Waals surface area contributed by atoms with E-state index in [9.17, 15) is 9.59 Å². The van der Waals surface area contributed by atoms with Gasteiger partial charge in [0.05, 0.1) is 10.6 Å². The van der Waals surface area contributed by atoms with E-state index in [1.54, 1.807) is 42.5 Å². The number of hydrogen-bond donors (Lipinski definition) is 2. The van der Waals surface area contributed by atoms with Crippen LogP contribution in [0.3, 0.4) is 0 Å². The number of rotatable bonds is 4. The largest absolute Gasteiger partial charge is 0.322 e. The molecule has 2 N–H and O–H groups in total. The zero-order chi connectivity index (χ0) is 18.5. The summed E-state index contributed by atoms with van der Waals surface area (Å²) in [7, 11) is 0. The highest BCUT2D eigenvalue weighted by molar-refractivity contribution is 9.10. The average molecular weight is 430 g/mol. The van der Waals surface area contributed by atoms with Gasteiger partial charge in [-0.15, -0.1) is 0 Å². The highest BCUT2D eigenvalue weighted by atomic mass is 79.9. The monoisotopic (exact) mass is 428 g/mol. The maximum atomic E-state index is 12.4. The van der Waals surface area contributed by atoms with Crippen molar-refractivity contribution in [3.05, 3.63) is 93.4 Å². The molecule has 0 bridgehead atoms. The molecular formula is C20H14BrClN2O2. The number of para-hydroxylation sites is 1. The van der Waals surface area contributed by atoms with Crippen molar-refractivity contribution >= 4 is 50.7 Å². The van der Waals surface area contributed by atoms with Crippen LogP contribution in [-0.2, 0) is 0 Å². The molecule has 0 aliphatic heterocycles. The molecule has 0 aliphatic carbocycles. The van der Waals surface area contributed by atoms with Crippen LogP contribution in [-0.4, -0.2) is 11.8 Å². The van der Waals surface area contributed by atoms with Crippen molar-refractivity contribution in [2.45, 2.75) is 0 Å². The first-order valence-corrected chi connectivity index (χ1v) is 8.93. The molecule has 6 heteroatoms. The normalized spacial score (nSPS) is 10.2. The first kappa shape index (κ1) is 18.2. The van der Waals surface area contributed by atoms with Gasteiger partial charge in [0.15, 0.2) is 0 Å². The lowest BCUT2D eigenvalue weighted by Crippen LogP contribution is -2.14. The summed E-state index contributed by atoms with van der Waals surface area (Å²) in [5.41, 5.74) is 2.15. The van der Waals surface area contributed by atoms with Gasteiger partial charge in [-0.25, -0.2) is 0 Å². The van der Waals surface area contributed by atoms with Gasteiger partial charge in [-0.05, 0) is 54.6 Å². The van der Waals surface area contributed by atoms with E-state index in [4.69, 9.17) is 11.6 Å². The van der Waals surface area contributed by atoms with Gasteiger partial charge in [0.1, 0.15) is 0 Å². The van der Waals surface area contributed by atoms with E-state index in [-0.39, 0.29) is 11.8 Å². The minimum absolute atomic E-state index is 0.218. The third kappa shape index (κ3) is 4.50. The zero-order valence-corrected chi connectivity index (χ0v) is 15.8. The molecule has 2 amide bonds. The van der Waals surface area contributed by atoms with Gasteiger partial charge in [-0.2, -0.15) is 0 Å². The second kappa shape index (κ2) is 8.17. The van der Waals surface area contributed by atoms with E-state index in [0.717, 1.165) is 10.2 Å². The van der Waals surface area contributed by atoms with E-state index in [1.165, 1.54) is 0 Å². The summed E-state index contributed by atoms with van der Waals surface area (Å²) in [4.78, 5) is 24.6. The summed E-state index contributed by atoms with van der Waals surface area (Å²) >= 11 is 9.39. The molecule has 0 atom stereocenters. The molecule has 0 saturated heterocycles. The van der Waals surface area contributed by atoms with Crippen LogP contribution in [0, 0.1) is 0 Å². The molecule has 0 spiro atoms. The summed E-state index contributed by atoms with van der Waals surface area (Å²) in [6.07, 6.45) is 0. The topological polar surface area (TPSA) is 58.2 Å². The number of carbonyl (C=O) groups excluding carboxylic acids is 2. The third-order valence-corrected chi connectivity index (χ3v) is 4.43. The number of benzene rings is 3. The van der Waals surface area contributed by atoms with Crippen molar-refractivity contribution < 1.29 is 9.59 Å². The molecule has 3 aromatic rings. The Bertz CT molecular complexity index is 944. The maximum absolute atomic E-state index is 12.4. The molecule has 0 radical (unpaired) electrons. The highest BCUT2D eigenvalue weighted by Gasteiger charge is 2.12. The van der Waals surface area contributed by atoms with Crippen LogP contribution in [0.25, 0.3) is 0 Å². The molecule has 3 rings (SSSR count). The van der Waals surface area contributed by atoms with Crippen molar-refractivity contribution in [3.8, 4) is 0 Å². The van der Waals surface area contributed by atoms with Gasteiger partial charge in [-0.3, -0.25) is 9.59 Å². The van der Waals surface area contributed by atoms with E-state index in [1.807, 2.05) is 30.3 Å². The fraction of sp³-hybridized carbons (Fsp3) is 0. The highest BCUT2D eigenvalue weighted by Crippen LogP contribution is 2.22. The number of hydrogen-bond acceptors (Lipinski definition) is 2. The Kier molecular flexibility index (Phi) is 5.71. The molecule has 130 valence electrons. The lowest BCUT2D eigenvalue weighted by atomic mass is 10.1. The van der Waals surface area contributed by atoms with E-state index < -0.39 is 0 Å². The maximum Gasteiger partial charge on any atom is 0.257 e. The molecule has 0 aromatic heterocycles. The minimum atomic E-state index is -0.321. The Morgan fingerprint density at radius 1 is 0.769 bits per heavy atom. The van der Waals surface area contributed by atoms with Crippen molar-refractivity contribution in [1.29, 1.82) is 0 Å². The SMILES string of the molecule is O=C(Nc1ccccc1)c1ccc(NC(=O)c2cc(Br)ccc2Cl)cc1. The number of amides is 2. The van der Waals surface area contributed by atoms with E-state index in [0.29, 0.717) is 21.8 Å². The summed E-state index contributed by atoms with van der Waals surface area (Å²) in [5.74, 6) is -0.540. The second-order valence-corrected chi connectivity index (χ2v) is 6.80. The van der Waals surface area contributed by atoms with Crippen molar-refractivity contribution in [1.82, 2.24) is 0 Å². The quantitative estimate of drug-likeness (QED) is 0.566. The fourth-order valence-corrected chi connectivity index (χ4v) is 2.86. The minimum Gasteiger partial charge on any atom is -0.322 e. The number of carbonyl (C=O) groups is 2. The van der Waals surface area contributed by atoms with Crippen LogP contribution >= 0.6 is 27.5 Å². The Morgan fingerprint density at radius 3 is 2.08 bits per heavy atom. The van der Waals surface area contributed by atoms with Crippen LogP contribution in [0.2, 0.25) is 5.02 Å². The third-order valence-electron chi connectivity index (χ3n) is 3.61. The first-order chi connectivity index (χ1) is 12.5. The van der Waals surface area contributed by atoms with E-state index >= 15 is 0 Å². The predicted octanol–water partition coefficient (Wildman–Crippen LogP) is 5.61. The Balaban J connectivity index is 1.68. The lowest BCUT2D eigenvalue weighted by Gasteiger charge is -2.09. The molecule has 0 aliphatic rings. The van der Waals surface area contributed by atoms with Crippen LogP contribution in [0.5, 0.6) is 0 Å². The first-order valence-electron chi connectivity index (χ1n) is 7.76. The van der Waals surface area contributed by atoms with E-state index in [2.05, 4.69) is 26.6 Å². The fourth-order valence-electron chi connectivity index (χ4n) is 2.30. The molecule has 0 saturated carbocycles. The average Bonchev–Trinajstić information content (AvgIpc) is 2.65. The van der Waals surface area contributed by atoms with Crippen LogP contribution in [0.15, 0.2) is 77.3 Å². The number of nitrogens with one attached hydrogen (secondary N) is 2. The smallest absolute Gasteiger partial charge is 0.257 e. The second-order valence-electron chi connectivity index (χ2n) is 5.48. The van der Waals surface area contributed by atoms with Crippen LogP contribution in [0.4, 0.5) is 11.4 Å². The Hall–Kier alpha value is -2.63. The van der Waals surface area contributed by atoms with Gasteiger partial charge in [0.2, 0.25) is 0 Å². The van der Waals surface area contributed by atoms with Crippen LogP contribution < -0.4 is 10.6 Å². The summed E-state index contributed by atoms with van der Waals surface area (Å²) < 4.78 is 0.764. The molecule has 0 heterocycles. The molecule has 0 fully saturated rings. The standard InChI is InChI=1S/C20H14BrClN2O2/c21-14-8-11-18(22)17(12-14)20(26)24-16-9-6-13(7-10-16)19(25)23-15-4-2-1-3-5-15/h1-12H,(H,23,25)(H,24,26). The van der Waals surface area contributed by atoms with Gasteiger partial charge < -0.3 is 10.6 Å². The van der Waals surface area contributed by atoms with Gasteiger partial charge in [-0.1, -0.05) is 45.7 Å². The summed E-state index contributed by atoms with van der Waals surface area (Å²) in [5, 5.41) is 5.94. The molecule has 26 heavy (non-hydrogen) atoms. The summed E-state index contributed by atoms with van der Waals surface area (Å²) in [6.45, 7) is 0. The predicted molar refractivity (Wildman–Crippen MR) is 108 cm³/mol. The van der Waals surface area contributed by atoms with Crippen molar-refractivity contribution in [2.24, 2.45) is 0 Å². The molecular weight excluding hydrogens is 416 g/mol. The molecule has 4 nitrogen and oxygen atoms in total. The lowest BCUT2D eigenvalue weighted by molar-refractivity contribution is 0.102. The Morgan fingerprint density at radius 2 is 1.38 bits per heavy atom. The van der Waals surface area contributed by atoms with Gasteiger partial charge in [0.25, 0.3) is 11.8 Å². The van der Waals surface area contributed by atoms with Gasteiger partial charge in [0, 0.05) is 21.4 Å².